The minimum absolute atomic E-state index is 0.0923. The predicted octanol–water partition coefficient (Wildman–Crippen LogP) is 11.7. The third kappa shape index (κ3) is 17.9. The molecule has 222 valence electrons. The molecule has 1 aliphatic rings. The molecule has 1 rings (SSSR count). The number of unbranched alkanes of at least 4 members (excludes halogenated alkanes) is 5. The van der Waals surface area contributed by atoms with Gasteiger partial charge in [-0.15, -0.1) is 0 Å². The molecule has 0 N–H and O–H groups in total. The molecule has 2 nitrogen and oxygen atoms in total. The van der Waals surface area contributed by atoms with Crippen LogP contribution in [0.4, 0.5) is 0 Å². The van der Waals surface area contributed by atoms with Crippen LogP contribution in [0.5, 0.6) is 0 Å². The predicted molar refractivity (Wildman–Crippen MR) is 176 cm³/mol. The van der Waals surface area contributed by atoms with Gasteiger partial charge < -0.3 is 4.74 Å². The van der Waals surface area contributed by atoms with Gasteiger partial charge in [0, 0.05) is 6.42 Å². The highest BCUT2D eigenvalue weighted by molar-refractivity contribution is 5.69. The smallest absolute Gasteiger partial charge is 0.306 e. The Morgan fingerprint density at radius 2 is 1.55 bits per heavy atom. The SMILES string of the molecule is CCC=CCC=CCC=CCCCCCCCC(=O)OCC=C(C)C=CC=C(C)C=CC1=C(C)CCCC1(C)C. The van der Waals surface area contributed by atoms with Crippen LogP contribution in [0.3, 0.4) is 0 Å². The Labute approximate surface area is 247 Å². The molecule has 0 aromatic rings. The van der Waals surface area contributed by atoms with E-state index in [1.807, 2.05) is 13.0 Å². The molecule has 0 unspecified atom stereocenters. The summed E-state index contributed by atoms with van der Waals surface area (Å²) in [6, 6.07) is 0. The molecule has 0 atom stereocenters. The minimum atomic E-state index is -0.0923. The molecule has 0 amide bonds. The summed E-state index contributed by atoms with van der Waals surface area (Å²) in [5, 5.41) is 0. The number of hydrogen-bond donors (Lipinski definition) is 0. The maximum Gasteiger partial charge on any atom is 0.306 e. The number of rotatable bonds is 19. The minimum Gasteiger partial charge on any atom is -0.461 e. The van der Waals surface area contributed by atoms with Gasteiger partial charge in [-0.2, -0.15) is 0 Å². The van der Waals surface area contributed by atoms with Gasteiger partial charge in [-0.05, 0) is 95.6 Å². The average Bonchev–Trinajstić information content (AvgIpc) is 2.90. The third-order valence-corrected chi connectivity index (χ3v) is 7.45. The summed E-state index contributed by atoms with van der Waals surface area (Å²) in [7, 11) is 0. The average molecular weight is 547 g/mol. The van der Waals surface area contributed by atoms with E-state index in [4.69, 9.17) is 4.74 Å². The fourth-order valence-corrected chi connectivity index (χ4v) is 4.93. The van der Waals surface area contributed by atoms with E-state index in [1.165, 1.54) is 55.2 Å². The number of hydrogen-bond acceptors (Lipinski definition) is 2. The molecule has 0 saturated heterocycles. The Hall–Kier alpha value is -2.61. The molecule has 0 bridgehead atoms. The fraction of sp³-hybridized carbons (Fsp3) is 0.553. The highest BCUT2D eigenvalue weighted by Crippen LogP contribution is 2.40. The lowest BCUT2D eigenvalue weighted by Crippen LogP contribution is -2.19. The summed E-state index contributed by atoms with van der Waals surface area (Å²) in [6.07, 6.45) is 40.5. The van der Waals surface area contributed by atoms with Crippen LogP contribution in [-0.2, 0) is 9.53 Å². The van der Waals surface area contributed by atoms with Gasteiger partial charge >= 0.3 is 5.97 Å². The largest absolute Gasteiger partial charge is 0.461 e. The van der Waals surface area contributed by atoms with Crippen molar-refractivity contribution in [3.8, 4) is 0 Å². The summed E-state index contributed by atoms with van der Waals surface area (Å²) in [6.45, 7) is 13.7. The fourth-order valence-electron chi connectivity index (χ4n) is 4.93. The number of esters is 1. The lowest BCUT2D eigenvalue weighted by molar-refractivity contribution is -0.142. The van der Waals surface area contributed by atoms with E-state index in [-0.39, 0.29) is 11.4 Å². The first-order chi connectivity index (χ1) is 19.3. The lowest BCUT2D eigenvalue weighted by Gasteiger charge is -2.32. The molecule has 0 fully saturated rings. The Balaban J connectivity index is 2.15. The molecule has 40 heavy (non-hydrogen) atoms. The molecule has 1 aliphatic carbocycles. The van der Waals surface area contributed by atoms with Gasteiger partial charge in [-0.3, -0.25) is 4.79 Å². The van der Waals surface area contributed by atoms with E-state index in [0.29, 0.717) is 13.0 Å². The second kappa shape index (κ2) is 22.1. The second-order valence-corrected chi connectivity index (χ2v) is 11.8. The van der Waals surface area contributed by atoms with Crippen molar-refractivity contribution in [2.75, 3.05) is 6.61 Å². The summed E-state index contributed by atoms with van der Waals surface area (Å²) in [4.78, 5) is 12.0. The van der Waals surface area contributed by atoms with Crippen molar-refractivity contribution < 1.29 is 9.53 Å². The van der Waals surface area contributed by atoms with Crippen LogP contribution in [0.1, 0.15) is 125 Å². The van der Waals surface area contributed by atoms with Crippen molar-refractivity contribution in [1.82, 2.24) is 0 Å². The van der Waals surface area contributed by atoms with Crippen LogP contribution in [0.25, 0.3) is 0 Å². The van der Waals surface area contributed by atoms with Gasteiger partial charge in [0.2, 0.25) is 0 Å². The van der Waals surface area contributed by atoms with Crippen LogP contribution in [0.15, 0.2) is 95.2 Å². The molecule has 0 spiro atoms. The van der Waals surface area contributed by atoms with Gasteiger partial charge in [-0.25, -0.2) is 0 Å². The summed E-state index contributed by atoms with van der Waals surface area (Å²) >= 11 is 0. The van der Waals surface area contributed by atoms with Crippen molar-refractivity contribution in [3.05, 3.63) is 95.2 Å². The van der Waals surface area contributed by atoms with Gasteiger partial charge in [-0.1, -0.05) is 124 Å². The zero-order valence-electron chi connectivity index (χ0n) is 26.6. The highest BCUT2D eigenvalue weighted by atomic mass is 16.5. The molecule has 0 aromatic heterocycles. The maximum absolute atomic E-state index is 12.0. The molecule has 0 heterocycles. The van der Waals surface area contributed by atoms with E-state index in [1.54, 1.807) is 0 Å². The monoisotopic (exact) mass is 546 g/mol. The Kier molecular flexibility index (Phi) is 19.6. The molecule has 0 aromatic carbocycles. The zero-order valence-corrected chi connectivity index (χ0v) is 26.6. The number of allylic oxidation sites excluding steroid dienone is 15. The molecule has 0 aliphatic heterocycles. The maximum atomic E-state index is 12.0. The second-order valence-electron chi connectivity index (χ2n) is 11.8. The van der Waals surface area contributed by atoms with Crippen molar-refractivity contribution in [2.45, 2.75) is 125 Å². The van der Waals surface area contributed by atoms with Gasteiger partial charge in [0.05, 0.1) is 0 Å². The zero-order chi connectivity index (χ0) is 29.5. The number of carbonyl (C=O) groups is 1. The Bertz CT molecular complexity index is 959. The topological polar surface area (TPSA) is 26.3 Å². The molecule has 0 radical (unpaired) electrons. The van der Waals surface area contributed by atoms with Crippen LogP contribution < -0.4 is 0 Å². The van der Waals surface area contributed by atoms with Crippen molar-refractivity contribution in [3.63, 3.8) is 0 Å². The van der Waals surface area contributed by atoms with Gasteiger partial charge in [0.25, 0.3) is 0 Å². The summed E-state index contributed by atoms with van der Waals surface area (Å²) in [5.74, 6) is -0.0923. The quantitative estimate of drug-likeness (QED) is 0.0697. The van der Waals surface area contributed by atoms with Crippen LogP contribution in [0, 0.1) is 5.41 Å². The van der Waals surface area contributed by atoms with Gasteiger partial charge in [0.1, 0.15) is 6.61 Å². The van der Waals surface area contributed by atoms with E-state index in [2.05, 4.69) is 101 Å². The van der Waals surface area contributed by atoms with Crippen molar-refractivity contribution >= 4 is 5.97 Å². The highest BCUT2D eigenvalue weighted by Gasteiger charge is 2.26. The summed E-state index contributed by atoms with van der Waals surface area (Å²) in [5.41, 5.74) is 5.62. The third-order valence-electron chi connectivity index (χ3n) is 7.45. The van der Waals surface area contributed by atoms with E-state index in [0.717, 1.165) is 44.1 Å². The van der Waals surface area contributed by atoms with Crippen molar-refractivity contribution in [2.24, 2.45) is 5.41 Å². The Morgan fingerprint density at radius 3 is 2.27 bits per heavy atom. The number of ether oxygens (including phenoxy) is 1. The standard InChI is InChI=1S/C38H58O2/c1-7-8-9-10-11-12-13-14-15-16-17-18-19-20-21-27-37(39)40-32-30-34(3)25-22-24-33(2)28-29-36-35(4)26-23-31-38(36,5)6/h8-9,11-12,14-15,22,24-25,28-30H,7,10,13,16-21,23,26-27,31-32H2,1-6H3. The normalized spacial score (nSPS) is 17.1. The van der Waals surface area contributed by atoms with Crippen LogP contribution >= 0.6 is 0 Å². The Morgan fingerprint density at radius 1 is 0.875 bits per heavy atom. The lowest BCUT2D eigenvalue weighted by atomic mass is 9.72. The van der Waals surface area contributed by atoms with Gasteiger partial charge in [0.15, 0.2) is 0 Å². The van der Waals surface area contributed by atoms with E-state index >= 15 is 0 Å². The first-order valence-corrected chi connectivity index (χ1v) is 15.8. The molecular weight excluding hydrogens is 488 g/mol. The van der Waals surface area contributed by atoms with Crippen molar-refractivity contribution in [1.29, 1.82) is 0 Å². The van der Waals surface area contributed by atoms with Crippen LogP contribution in [0.2, 0.25) is 0 Å². The molecule has 2 heteroatoms. The van der Waals surface area contributed by atoms with E-state index in [9.17, 15) is 4.79 Å². The number of carbonyl (C=O) groups excluding carboxylic acids is 1. The first-order valence-electron chi connectivity index (χ1n) is 15.8. The summed E-state index contributed by atoms with van der Waals surface area (Å²) < 4.78 is 5.40. The first kappa shape index (κ1) is 35.4. The molecule has 0 saturated carbocycles. The van der Waals surface area contributed by atoms with Crippen LogP contribution in [-0.4, -0.2) is 12.6 Å². The van der Waals surface area contributed by atoms with E-state index < -0.39 is 0 Å². The molecular formula is C38H58O2.